The number of nitrogens with one attached hydrogen (secondary N) is 2. The molecule has 71 heavy (non-hydrogen) atoms. The van der Waals surface area contributed by atoms with Crippen LogP contribution in [0.2, 0.25) is 0 Å². The van der Waals surface area contributed by atoms with E-state index in [1.807, 2.05) is 0 Å². The highest BCUT2D eigenvalue weighted by Crippen LogP contribution is 2.42. The lowest BCUT2D eigenvalue weighted by atomic mass is 9.87. The molecule has 4 aliphatic rings. The van der Waals surface area contributed by atoms with Gasteiger partial charge in [0.25, 0.3) is 11.6 Å². The average molecular weight is 1040 g/mol. The molecule has 0 bridgehead atoms. The van der Waals surface area contributed by atoms with Crippen molar-refractivity contribution < 1.29 is 90.7 Å². The minimum Gasteiger partial charge on any atom is -0.465 e. The molecule has 4 fully saturated rings. The maximum atomic E-state index is 14.4. The summed E-state index contributed by atoms with van der Waals surface area (Å²) in [5, 5.41) is 17.9. The zero-order valence-corrected chi connectivity index (χ0v) is 41.2. The normalized spacial score (nSPS) is 27.2. The van der Waals surface area contributed by atoms with E-state index in [1.165, 1.54) is 0 Å². The summed E-state index contributed by atoms with van der Waals surface area (Å²) in [6.07, 6.45) is -10.1. The minimum absolute atomic E-state index is 0.000937. The van der Waals surface area contributed by atoms with Crippen molar-refractivity contribution in [1.29, 1.82) is 0 Å². The van der Waals surface area contributed by atoms with E-state index in [2.05, 4.69) is 17.6 Å². The van der Waals surface area contributed by atoms with Crippen LogP contribution in [0.15, 0.2) is 60.7 Å². The molecule has 0 aromatic heterocycles. The second kappa shape index (κ2) is 26.7. The van der Waals surface area contributed by atoms with Crippen molar-refractivity contribution in [3.05, 3.63) is 71.8 Å². The van der Waals surface area contributed by atoms with E-state index >= 15 is 0 Å². The number of unbranched alkanes of at least 4 members (excludes halogenated alkanes) is 5. The van der Waals surface area contributed by atoms with Gasteiger partial charge in [0.05, 0.1) is 72.2 Å². The number of esters is 4. The van der Waals surface area contributed by atoms with Gasteiger partial charge in [0.2, 0.25) is 0 Å². The lowest BCUT2D eigenvalue weighted by Gasteiger charge is -2.48. The van der Waals surface area contributed by atoms with Gasteiger partial charge in [-0.25, -0.2) is 19.2 Å². The summed E-state index contributed by atoms with van der Waals surface area (Å²) in [7, 11) is 2.15. The molecule has 0 spiro atoms. The number of hydrogen-bond acceptors (Lipinski definition) is 19. The van der Waals surface area contributed by atoms with Crippen LogP contribution in [0.3, 0.4) is 0 Å². The molecule has 23 heteroatoms. The van der Waals surface area contributed by atoms with Crippen LogP contribution in [0, 0.1) is 0 Å². The van der Waals surface area contributed by atoms with Crippen LogP contribution in [-0.4, -0.2) is 159 Å². The molecular weight excluding hydrogens is 979 g/mol. The maximum Gasteiger partial charge on any atom is 0.407 e. The summed E-state index contributed by atoms with van der Waals surface area (Å²) >= 11 is 11.8. The molecule has 2 aromatic carbocycles. The van der Waals surface area contributed by atoms with Crippen LogP contribution in [0.5, 0.6) is 0 Å². The molecular formula is C48H62Cl2N2O19. The standard InChI is InChI=1S/C48H62Cl2N2O19/c1-4-5-6-7-8-15-20-64-47(43(56)60-2)21-31-37(51-45(58)66-31)41(70-47)39(55)33(27-62-25-29-16-11-9-12-17-29)69-48(44(57)61-3)22-32-38(52-46(59)67-32)42(71-48)40(68-36(54)24-50)34(65-35(53)23-49)28-63-26-30-18-13-10-14-19-30/h9-14,16-19,31-34,37-42,55H,4-8,15,20-28H2,1-3H3,(H,51,58)(H,52,59)/t31-,32-,33+,34+,37+,38+,39+,40+,41+,42+,47+,48+/m0/s1. The smallest absolute Gasteiger partial charge is 0.407 e. The molecule has 2 aromatic rings. The summed E-state index contributed by atoms with van der Waals surface area (Å²) in [4.78, 5) is 80.3. The number of methoxy groups -OCH3 is 2. The van der Waals surface area contributed by atoms with Gasteiger partial charge in [-0.15, -0.1) is 23.2 Å². The highest BCUT2D eigenvalue weighted by Gasteiger charge is 2.64. The lowest BCUT2D eigenvalue weighted by molar-refractivity contribution is -0.343. The predicted octanol–water partition coefficient (Wildman–Crippen LogP) is 4.11. The van der Waals surface area contributed by atoms with Crippen LogP contribution < -0.4 is 10.6 Å². The fourth-order valence-corrected chi connectivity index (χ4v) is 9.06. The van der Waals surface area contributed by atoms with Gasteiger partial charge in [0, 0.05) is 0 Å². The van der Waals surface area contributed by atoms with Crippen molar-refractivity contribution in [2.24, 2.45) is 0 Å². The van der Waals surface area contributed by atoms with Gasteiger partial charge in [0.1, 0.15) is 48.4 Å². The van der Waals surface area contributed by atoms with Crippen molar-refractivity contribution in [2.75, 3.05) is 45.8 Å². The first-order chi connectivity index (χ1) is 34.3. The van der Waals surface area contributed by atoms with E-state index < -0.39 is 140 Å². The van der Waals surface area contributed by atoms with Crippen molar-refractivity contribution in [2.45, 2.75) is 144 Å². The Bertz CT molecular complexity index is 2080. The SMILES string of the molecule is CCCCCCCCO[C@]1(C(=O)OC)C[C@@H]2OC(=O)N[C@H]2[C@H]([C@H](O)[C@@H](COCc2ccccc2)O[C@]2(C(=O)OC)C[C@@H]3OC(=O)N[C@H]3[C@H]([C@H](OC(=O)CCl)[C@@H](COCc3ccccc3)OC(=O)CCl)O2)O1. The van der Waals surface area contributed by atoms with Gasteiger partial charge in [-0.3, -0.25) is 9.59 Å². The first-order valence-corrected chi connectivity index (χ1v) is 24.6. The Balaban J connectivity index is 1.38. The molecule has 2 amide bonds. The van der Waals surface area contributed by atoms with E-state index in [-0.39, 0.29) is 26.2 Å². The minimum atomic E-state index is -2.69. The summed E-state index contributed by atoms with van der Waals surface area (Å²) in [6.45, 7) is 1.09. The Kier molecular flexibility index (Phi) is 20.9. The van der Waals surface area contributed by atoms with Crippen LogP contribution >= 0.6 is 23.2 Å². The van der Waals surface area contributed by atoms with Crippen molar-refractivity contribution in [3.63, 3.8) is 0 Å². The van der Waals surface area contributed by atoms with E-state index in [1.54, 1.807) is 60.7 Å². The van der Waals surface area contributed by atoms with Gasteiger partial charge >= 0.3 is 36.1 Å². The maximum absolute atomic E-state index is 14.4. The molecule has 6 rings (SSSR count). The number of carbonyl (C=O) groups excluding carboxylic acids is 6. The third-order valence-corrected chi connectivity index (χ3v) is 12.8. The number of halogens is 2. The molecule has 4 aliphatic heterocycles. The number of rotatable bonds is 28. The number of hydrogen-bond donors (Lipinski definition) is 3. The second-order valence-electron chi connectivity index (χ2n) is 17.3. The zero-order valence-electron chi connectivity index (χ0n) is 39.7. The lowest BCUT2D eigenvalue weighted by Crippen LogP contribution is -2.69. The van der Waals surface area contributed by atoms with E-state index in [0.29, 0.717) is 12.0 Å². The summed E-state index contributed by atoms with van der Waals surface area (Å²) < 4.78 is 71.2. The van der Waals surface area contributed by atoms with Crippen molar-refractivity contribution in [3.8, 4) is 0 Å². The van der Waals surface area contributed by atoms with Gasteiger partial charge < -0.3 is 72.6 Å². The third-order valence-electron chi connectivity index (χ3n) is 12.3. The number of carbonyl (C=O) groups is 6. The molecule has 0 unspecified atom stereocenters. The first-order valence-electron chi connectivity index (χ1n) is 23.5. The number of aliphatic hydroxyl groups is 1. The fraction of sp³-hybridized carbons (Fsp3) is 0.625. The molecule has 4 heterocycles. The van der Waals surface area contributed by atoms with E-state index in [4.69, 9.17) is 80.0 Å². The summed E-state index contributed by atoms with van der Waals surface area (Å²) in [5.74, 6) is -10.4. The summed E-state index contributed by atoms with van der Waals surface area (Å²) in [5.41, 5.74) is 1.44. The van der Waals surface area contributed by atoms with Gasteiger partial charge in [0.15, 0.2) is 12.2 Å². The fourth-order valence-electron chi connectivity index (χ4n) is 8.93. The molecule has 21 nitrogen and oxygen atoms in total. The zero-order chi connectivity index (χ0) is 51.0. The number of ether oxygens (including phenoxy) is 12. The van der Waals surface area contributed by atoms with Crippen molar-refractivity contribution in [1.82, 2.24) is 10.6 Å². The average Bonchev–Trinajstić information content (AvgIpc) is 3.96. The Labute approximate surface area is 420 Å². The van der Waals surface area contributed by atoms with E-state index in [9.17, 15) is 33.9 Å². The van der Waals surface area contributed by atoms with Crippen molar-refractivity contribution >= 4 is 59.3 Å². The quantitative estimate of drug-likeness (QED) is 0.0469. The Hall–Kier alpha value is -4.84. The third kappa shape index (κ3) is 14.4. The topological polar surface area (TPSA) is 257 Å². The van der Waals surface area contributed by atoms with Gasteiger partial charge in [-0.2, -0.15) is 0 Å². The molecule has 0 saturated carbocycles. The highest BCUT2D eigenvalue weighted by atomic mass is 35.5. The van der Waals surface area contributed by atoms with E-state index in [0.717, 1.165) is 51.9 Å². The number of aliphatic hydroxyl groups excluding tert-OH is 1. The second-order valence-corrected chi connectivity index (χ2v) is 17.8. The Morgan fingerprint density at radius 1 is 0.690 bits per heavy atom. The molecule has 392 valence electrons. The van der Waals surface area contributed by atoms with Crippen LogP contribution in [-0.2, 0) is 89.2 Å². The molecule has 4 saturated heterocycles. The molecule has 0 aliphatic carbocycles. The van der Waals surface area contributed by atoms with Crippen LogP contribution in [0.1, 0.15) is 69.4 Å². The Morgan fingerprint density at radius 2 is 1.18 bits per heavy atom. The summed E-state index contributed by atoms with van der Waals surface area (Å²) in [6, 6.07) is 15.5. The number of alkyl carbamates (subject to hydrolysis) is 2. The number of fused-ring (bicyclic) bond motifs is 2. The predicted molar refractivity (Wildman–Crippen MR) is 246 cm³/mol. The number of amides is 2. The van der Waals surface area contributed by atoms with Gasteiger partial charge in [-0.05, 0) is 17.5 Å². The first kappa shape index (κ1) is 55.5. The molecule has 3 N–H and O–H groups in total. The van der Waals surface area contributed by atoms with Gasteiger partial charge in [-0.1, -0.05) is 99.7 Å². The monoisotopic (exact) mass is 1040 g/mol. The number of benzene rings is 2. The van der Waals surface area contributed by atoms with Crippen LogP contribution in [0.4, 0.5) is 9.59 Å². The highest BCUT2D eigenvalue weighted by molar-refractivity contribution is 6.26. The largest absolute Gasteiger partial charge is 0.465 e. The molecule has 0 radical (unpaired) electrons. The Morgan fingerprint density at radius 3 is 1.75 bits per heavy atom. The van der Waals surface area contributed by atoms with Crippen LogP contribution in [0.25, 0.3) is 0 Å². The number of alkyl halides is 2. The molecule has 12 atom stereocenters.